The van der Waals surface area contributed by atoms with Crippen molar-refractivity contribution in [3.05, 3.63) is 46.9 Å². The number of fused-ring (bicyclic) bond motifs is 1. The van der Waals surface area contributed by atoms with Crippen LogP contribution in [-0.2, 0) is 0 Å². The second kappa shape index (κ2) is 4.02. The third-order valence-electron chi connectivity index (χ3n) is 2.39. The van der Waals surface area contributed by atoms with Gasteiger partial charge in [-0.3, -0.25) is 0 Å². The summed E-state index contributed by atoms with van der Waals surface area (Å²) < 4.78 is 5.37. The topological polar surface area (TPSA) is 38.9 Å². The number of hydrogen-bond donors (Lipinski definition) is 0. The van der Waals surface area contributed by atoms with Gasteiger partial charge in [0.25, 0.3) is 0 Å². The molecule has 1 aromatic carbocycles. The van der Waals surface area contributed by atoms with Gasteiger partial charge in [-0.1, -0.05) is 23.7 Å². The Bertz CT molecular complexity index is 677. The fraction of sp³-hybridized carbons (Fsp3) is 0. The quantitative estimate of drug-likeness (QED) is 0.619. The third-order valence-corrected chi connectivity index (χ3v) is 2.81. The predicted molar refractivity (Wildman–Crippen MR) is 67.3 cm³/mol. The van der Waals surface area contributed by atoms with Crippen LogP contribution in [-0.4, -0.2) is 9.97 Å². The van der Waals surface area contributed by atoms with Crippen LogP contribution in [0.1, 0.15) is 0 Å². The molecule has 3 nitrogen and oxygen atoms in total. The van der Waals surface area contributed by atoms with E-state index in [-0.39, 0.29) is 5.28 Å². The number of halogens is 2. The summed E-state index contributed by atoms with van der Waals surface area (Å²) in [5.74, 6) is 0. The molecule has 0 bridgehead atoms. The van der Waals surface area contributed by atoms with Gasteiger partial charge in [0, 0.05) is 16.7 Å². The molecule has 2 heterocycles. The fourth-order valence-electron chi connectivity index (χ4n) is 1.64. The molecule has 5 heteroatoms. The van der Waals surface area contributed by atoms with Gasteiger partial charge in [-0.2, -0.15) is 0 Å². The summed E-state index contributed by atoms with van der Waals surface area (Å²) in [5.41, 5.74) is 2.87. The molecule has 0 radical (unpaired) electrons. The maximum atomic E-state index is 5.87. The number of rotatable bonds is 1. The van der Waals surface area contributed by atoms with E-state index in [1.165, 1.54) is 0 Å². The van der Waals surface area contributed by atoms with Gasteiger partial charge >= 0.3 is 0 Å². The SMILES string of the molecule is Clc1ccc(-c2nc(Cl)nc3ccoc23)cc1. The third kappa shape index (κ3) is 1.88. The molecule has 0 fully saturated rings. The number of furan rings is 1. The molecule has 84 valence electrons. The van der Waals surface area contributed by atoms with Crippen molar-refractivity contribution >= 4 is 34.3 Å². The molecule has 0 saturated carbocycles. The van der Waals surface area contributed by atoms with Crippen molar-refractivity contribution in [2.45, 2.75) is 0 Å². The summed E-state index contributed by atoms with van der Waals surface area (Å²) in [6, 6.07) is 9.07. The maximum absolute atomic E-state index is 5.87. The van der Waals surface area contributed by atoms with Gasteiger partial charge < -0.3 is 4.42 Å². The Hall–Kier alpha value is -1.58. The summed E-state index contributed by atoms with van der Waals surface area (Å²) in [5, 5.41) is 0.869. The van der Waals surface area contributed by atoms with E-state index in [4.69, 9.17) is 27.6 Å². The second-order valence-electron chi connectivity index (χ2n) is 3.48. The first-order chi connectivity index (χ1) is 8.24. The molecule has 3 rings (SSSR count). The molecule has 3 aromatic rings. The Labute approximate surface area is 107 Å². The first kappa shape index (κ1) is 10.6. The smallest absolute Gasteiger partial charge is 0.223 e. The highest BCUT2D eigenvalue weighted by atomic mass is 35.5. The average Bonchev–Trinajstić information content (AvgIpc) is 2.77. The Balaban J connectivity index is 2.28. The van der Waals surface area contributed by atoms with E-state index in [0.29, 0.717) is 21.8 Å². The highest BCUT2D eigenvalue weighted by molar-refractivity contribution is 6.30. The van der Waals surface area contributed by atoms with E-state index in [2.05, 4.69) is 9.97 Å². The number of nitrogens with zero attached hydrogens (tertiary/aromatic N) is 2. The van der Waals surface area contributed by atoms with Gasteiger partial charge in [0.05, 0.1) is 6.26 Å². The van der Waals surface area contributed by atoms with Crippen molar-refractivity contribution in [2.24, 2.45) is 0 Å². The molecule has 17 heavy (non-hydrogen) atoms. The van der Waals surface area contributed by atoms with E-state index in [0.717, 1.165) is 5.56 Å². The van der Waals surface area contributed by atoms with Crippen molar-refractivity contribution in [1.82, 2.24) is 9.97 Å². The van der Waals surface area contributed by atoms with Crippen LogP contribution >= 0.6 is 23.2 Å². The van der Waals surface area contributed by atoms with Crippen molar-refractivity contribution in [3.63, 3.8) is 0 Å². The lowest BCUT2D eigenvalue weighted by Gasteiger charge is -2.02. The van der Waals surface area contributed by atoms with E-state index in [9.17, 15) is 0 Å². The van der Waals surface area contributed by atoms with Crippen LogP contribution in [0.25, 0.3) is 22.4 Å². The van der Waals surface area contributed by atoms with Crippen LogP contribution < -0.4 is 0 Å². The van der Waals surface area contributed by atoms with Crippen LogP contribution in [0.2, 0.25) is 10.3 Å². The molecule has 0 atom stereocenters. The lowest BCUT2D eigenvalue weighted by Crippen LogP contribution is -1.88. The zero-order valence-electron chi connectivity index (χ0n) is 8.52. The molecule has 0 saturated heterocycles. The number of benzene rings is 1. The zero-order chi connectivity index (χ0) is 11.8. The minimum absolute atomic E-state index is 0.198. The molecule has 0 aliphatic heterocycles. The van der Waals surface area contributed by atoms with Gasteiger partial charge in [-0.15, -0.1) is 0 Å². The normalized spacial score (nSPS) is 10.9. The molecular formula is C12H6Cl2N2O. The minimum atomic E-state index is 0.198. The average molecular weight is 265 g/mol. The zero-order valence-corrected chi connectivity index (χ0v) is 10.0. The molecular weight excluding hydrogens is 259 g/mol. The summed E-state index contributed by atoms with van der Waals surface area (Å²) >= 11 is 11.7. The monoisotopic (exact) mass is 264 g/mol. The molecule has 2 aromatic heterocycles. The van der Waals surface area contributed by atoms with E-state index in [1.807, 2.05) is 12.1 Å². The van der Waals surface area contributed by atoms with Crippen molar-refractivity contribution < 1.29 is 4.42 Å². The first-order valence-electron chi connectivity index (χ1n) is 4.91. The first-order valence-corrected chi connectivity index (χ1v) is 5.66. The van der Waals surface area contributed by atoms with Crippen molar-refractivity contribution in [2.75, 3.05) is 0 Å². The fourth-order valence-corrected chi connectivity index (χ4v) is 1.94. The molecule has 0 N–H and O–H groups in total. The Kier molecular flexibility index (Phi) is 2.50. The second-order valence-corrected chi connectivity index (χ2v) is 4.26. The summed E-state index contributed by atoms with van der Waals surface area (Å²) in [6.07, 6.45) is 1.56. The number of hydrogen-bond acceptors (Lipinski definition) is 3. The van der Waals surface area contributed by atoms with Gasteiger partial charge in [0.1, 0.15) is 11.2 Å². The van der Waals surface area contributed by atoms with Crippen LogP contribution in [0, 0.1) is 0 Å². The van der Waals surface area contributed by atoms with Crippen LogP contribution in [0.3, 0.4) is 0 Å². The summed E-state index contributed by atoms with van der Waals surface area (Å²) in [6.45, 7) is 0. The molecule has 0 amide bonds. The highest BCUT2D eigenvalue weighted by Crippen LogP contribution is 2.28. The maximum Gasteiger partial charge on any atom is 0.223 e. The molecule has 0 aliphatic carbocycles. The van der Waals surface area contributed by atoms with Gasteiger partial charge in [0.15, 0.2) is 5.58 Å². The number of aromatic nitrogens is 2. The van der Waals surface area contributed by atoms with Gasteiger partial charge in [0.2, 0.25) is 5.28 Å². The minimum Gasteiger partial charge on any atom is -0.460 e. The van der Waals surface area contributed by atoms with Crippen LogP contribution in [0.4, 0.5) is 0 Å². The summed E-state index contributed by atoms with van der Waals surface area (Å²) in [4.78, 5) is 8.26. The van der Waals surface area contributed by atoms with Gasteiger partial charge in [-0.05, 0) is 23.7 Å². The predicted octanol–water partition coefficient (Wildman–Crippen LogP) is 4.20. The van der Waals surface area contributed by atoms with Crippen LogP contribution in [0.5, 0.6) is 0 Å². The lowest BCUT2D eigenvalue weighted by molar-refractivity contribution is 0.615. The Morgan fingerprint density at radius 3 is 2.47 bits per heavy atom. The van der Waals surface area contributed by atoms with Crippen molar-refractivity contribution in [1.29, 1.82) is 0 Å². The largest absolute Gasteiger partial charge is 0.460 e. The molecule has 0 unspecified atom stereocenters. The lowest BCUT2D eigenvalue weighted by atomic mass is 10.1. The Morgan fingerprint density at radius 1 is 0.941 bits per heavy atom. The van der Waals surface area contributed by atoms with Crippen LogP contribution in [0.15, 0.2) is 41.0 Å². The Morgan fingerprint density at radius 2 is 1.71 bits per heavy atom. The molecule has 0 aliphatic rings. The van der Waals surface area contributed by atoms with E-state index < -0.39 is 0 Å². The van der Waals surface area contributed by atoms with E-state index in [1.54, 1.807) is 24.5 Å². The van der Waals surface area contributed by atoms with E-state index >= 15 is 0 Å². The standard InChI is InChI=1S/C12H6Cl2N2O/c13-8-3-1-7(2-4-8)10-11-9(5-6-17-11)15-12(14)16-10/h1-6H. The molecule has 0 spiro atoms. The van der Waals surface area contributed by atoms with Gasteiger partial charge in [-0.25, -0.2) is 9.97 Å². The highest BCUT2D eigenvalue weighted by Gasteiger charge is 2.11. The summed E-state index contributed by atoms with van der Waals surface area (Å²) in [7, 11) is 0. The van der Waals surface area contributed by atoms with Crippen molar-refractivity contribution in [3.8, 4) is 11.3 Å².